The van der Waals surface area contributed by atoms with Crippen molar-refractivity contribution in [1.82, 2.24) is 63.1 Å². The van der Waals surface area contributed by atoms with Crippen molar-refractivity contribution >= 4 is 127 Å². The number of guanidine groups is 4. The molecule has 1 saturated carbocycles. The normalized spacial score (nSPS) is 22.7. The number of aromatic nitrogens is 2. The predicted molar refractivity (Wildman–Crippen MR) is 385 cm³/mol. The highest BCUT2D eigenvalue weighted by Crippen LogP contribution is 2.48. The average molecular weight is 1480 g/mol. The summed E-state index contributed by atoms with van der Waals surface area (Å²) in [7, 11) is 2.19. The Morgan fingerprint density at radius 3 is 1.78 bits per heavy atom. The van der Waals surface area contributed by atoms with Gasteiger partial charge in [-0.3, -0.25) is 78.0 Å². The Bertz CT molecular complexity index is 3550. The number of carboxylic acids is 2. The maximum Gasteiger partial charge on any atom is 0.326 e. The fourth-order valence-electron chi connectivity index (χ4n) is 10.9. The summed E-state index contributed by atoms with van der Waals surface area (Å²) < 4.78 is -1.03. The molecule has 0 unspecified atom stereocenters. The lowest BCUT2D eigenvalue weighted by atomic mass is 9.83. The van der Waals surface area contributed by atoms with Crippen LogP contribution in [0.15, 0.2) is 75.0 Å². The van der Waals surface area contributed by atoms with Gasteiger partial charge in [0, 0.05) is 56.7 Å². The number of aliphatic carboxylic acids is 2. The van der Waals surface area contributed by atoms with E-state index in [1.165, 1.54) is 12.5 Å². The van der Waals surface area contributed by atoms with Crippen molar-refractivity contribution in [2.24, 2.45) is 71.6 Å². The standard InChI is InChI=1S/C62H95N25O14S2/c63-37-12-6-23-76-61(71)87-56(99)48(64)62(18-4-1-5-19-62)103-102-31-44(55(98)84-40(57(100)101)15-9-22-75-60(69)70)86-51(94)39(14-8-21-74-59(67)68)83-52(95)41(25-33-16-17-34-10-2-3-11-35(34)24-33)85-54(97)43(27-47(90)91)81-46(89)30-78-50(93)38(13-7-20-73-58(65)66)82-53(96)42(26-36-28-72-32-79-36)80-45(88)29-77-49(37)92/h2-3,10-11,16-17,24,28,32,37-44,48H,1,4-9,12-15,18-23,25-27,29-31,63-64H2,(H,72,79)(H,77,92)(H,78,93)(H,80,88)(H,81,89)(H,82,96)(H,83,95)(H,84,98)(H,85,97)(H,86,94)(H,90,91)(H,100,101)(H4,65,66,73)(H4,67,68,74)(H4,69,70,75)(H3,71,76,87,99)/t37-,38-,39-,40-,41-,42+,43-,44-,48-/m0/s1. The molecule has 564 valence electrons. The zero-order chi connectivity index (χ0) is 75.6. The van der Waals surface area contributed by atoms with E-state index in [0.717, 1.165) is 33.4 Å². The molecule has 2 aromatic carbocycles. The van der Waals surface area contributed by atoms with Crippen LogP contribution in [0.4, 0.5) is 0 Å². The minimum atomic E-state index is -1.96. The highest BCUT2D eigenvalue weighted by atomic mass is 33.1. The number of hydrogen-bond acceptors (Lipinski definition) is 22. The Kier molecular flexibility index (Phi) is 34.4. The van der Waals surface area contributed by atoms with E-state index in [4.69, 9.17) is 51.6 Å². The van der Waals surface area contributed by atoms with Gasteiger partial charge in [-0.05, 0) is 80.5 Å². The lowest BCUT2D eigenvalue weighted by Gasteiger charge is -2.40. The molecule has 31 N–H and O–H groups in total. The van der Waals surface area contributed by atoms with E-state index in [-0.39, 0.29) is 120 Å². The summed E-state index contributed by atoms with van der Waals surface area (Å²) in [6.45, 7) is -1.76. The van der Waals surface area contributed by atoms with Crippen LogP contribution in [0.3, 0.4) is 0 Å². The molecule has 2 aliphatic rings. The molecule has 10 amide bonds. The Balaban J connectivity index is 1.57. The second-order valence-corrected chi connectivity index (χ2v) is 27.2. The van der Waals surface area contributed by atoms with E-state index < -0.39 is 150 Å². The fraction of sp³-hybridized carbons (Fsp3) is 0.532. The number of amides is 10. The van der Waals surface area contributed by atoms with Crippen molar-refractivity contribution in [3.8, 4) is 0 Å². The van der Waals surface area contributed by atoms with Crippen LogP contribution in [0.5, 0.6) is 0 Å². The zero-order valence-electron chi connectivity index (χ0n) is 56.7. The molecule has 103 heavy (non-hydrogen) atoms. The van der Waals surface area contributed by atoms with Gasteiger partial charge in [-0.1, -0.05) is 83.3 Å². The minimum Gasteiger partial charge on any atom is -0.481 e. The number of nitrogens with two attached hydrogens (primary N) is 9. The van der Waals surface area contributed by atoms with E-state index >= 15 is 4.79 Å². The van der Waals surface area contributed by atoms with Crippen molar-refractivity contribution in [1.29, 1.82) is 0 Å². The molecule has 9 atom stereocenters. The van der Waals surface area contributed by atoms with Crippen LogP contribution in [0.1, 0.15) is 101 Å². The second kappa shape index (κ2) is 42.6. The molecule has 1 aliphatic carbocycles. The van der Waals surface area contributed by atoms with Crippen LogP contribution < -0.4 is 105 Å². The molecular formula is C62H95N25O14S2. The Morgan fingerprint density at radius 1 is 0.631 bits per heavy atom. The number of hydrogen-bond donors (Lipinski definition) is 22. The molecular weight excluding hydrogens is 1380 g/mol. The maximum absolute atomic E-state index is 15.0. The third kappa shape index (κ3) is 29.5. The number of carboxylic acid groups (broad SMARTS) is 2. The van der Waals surface area contributed by atoms with Gasteiger partial charge >= 0.3 is 11.9 Å². The largest absolute Gasteiger partial charge is 0.481 e. The second-order valence-electron chi connectivity index (χ2n) is 24.4. The highest BCUT2D eigenvalue weighted by molar-refractivity contribution is 8.77. The van der Waals surface area contributed by atoms with Crippen molar-refractivity contribution in [3.63, 3.8) is 0 Å². The van der Waals surface area contributed by atoms with Gasteiger partial charge < -0.3 is 115 Å². The van der Waals surface area contributed by atoms with Gasteiger partial charge in [-0.25, -0.2) is 9.78 Å². The van der Waals surface area contributed by atoms with Gasteiger partial charge in [-0.15, -0.1) is 0 Å². The molecule has 1 aliphatic heterocycles. The first-order chi connectivity index (χ1) is 49.0. The first-order valence-corrected chi connectivity index (χ1v) is 35.5. The van der Waals surface area contributed by atoms with Crippen LogP contribution in [-0.4, -0.2) is 219 Å². The molecule has 1 spiro atoms. The van der Waals surface area contributed by atoms with Crippen molar-refractivity contribution < 1.29 is 67.7 Å². The molecule has 3 aromatic rings. The topological polar surface area (TPSA) is 678 Å². The third-order valence-corrected chi connectivity index (χ3v) is 19.6. The first-order valence-electron chi connectivity index (χ1n) is 33.2. The maximum atomic E-state index is 15.0. The Morgan fingerprint density at radius 2 is 1.18 bits per heavy atom. The number of imidazole rings is 1. The summed E-state index contributed by atoms with van der Waals surface area (Å²) in [4.78, 5) is 190. The van der Waals surface area contributed by atoms with E-state index in [9.17, 15) is 63.0 Å². The molecule has 41 heteroatoms. The molecule has 2 heterocycles. The number of carbonyl (C=O) groups is 12. The summed E-state index contributed by atoms with van der Waals surface area (Å²) in [6, 6.07) is -1.45. The molecule has 1 fully saturated rings. The number of nitrogens with zero attached hydrogens (tertiary/aromatic N) is 5. The van der Waals surface area contributed by atoms with Gasteiger partial charge in [-0.2, -0.15) is 0 Å². The lowest BCUT2D eigenvalue weighted by molar-refractivity contribution is -0.142. The number of aromatic amines is 1. The Hall–Kier alpha value is -10.5. The van der Waals surface area contributed by atoms with Gasteiger partial charge in [0.2, 0.25) is 59.1 Å². The van der Waals surface area contributed by atoms with Crippen LogP contribution in [0.2, 0.25) is 0 Å². The fourth-order valence-corrected chi connectivity index (χ4v) is 14.4. The van der Waals surface area contributed by atoms with Crippen LogP contribution in [0, 0.1) is 0 Å². The first kappa shape index (κ1) is 83.1. The number of aliphatic imine (C=N–C) groups is 4. The van der Waals surface area contributed by atoms with Crippen LogP contribution in [-0.2, 0) is 70.4 Å². The molecule has 0 radical (unpaired) electrons. The van der Waals surface area contributed by atoms with E-state index in [1.54, 1.807) is 36.4 Å². The van der Waals surface area contributed by atoms with E-state index in [1.807, 2.05) is 6.07 Å². The molecule has 0 bridgehead atoms. The number of benzene rings is 2. The summed E-state index contributed by atoms with van der Waals surface area (Å²) in [6.07, 6.45) is 3.62. The third-order valence-electron chi connectivity index (χ3n) is 16.3. The smallest absolute Gasteiger partial charge is 0.326 e. The predicted octanol–water partition coefficient (Wildman–Crippen LogP) is -6.34. The quantitative estimate of drug-likeness (QED) is 0.0204. The molecule has 5 rings (SSSR count). The SMILES string of the molecule is NC(N)=NCCC[C@H](NC(=O)[C@@H]1CSSC2(CCCCC2)[C@@H](N)C(=O)NC(N)=NCCC[C@H](N)C(=O)NCC(=O)N[C@H](Cc2cnc[nH]2)C(=O)N[C@@H](CCCN=C(N)N)C(=O)NCC(=O)N[C@@H](CC(=O)O)C(=O)N[C@@H](Cc2ccc3ccccc3c2)C(=O)N[C@@H](CCCN=C(N)N)C(=O)N1)C(=O)O. The average Bonchev–Trinajstić information content (AvgIpc) is 0.933. The van der Waals surface area contributed by atoms with Crippen molar-refractivity contribution in [3.05, 3.63) is 66.2 Å². The van der Waals surface area contributed by atoms with Crippen LogP contribution >= 0.6 is 21.6 Å². The molecule has 39 nitrogen and oxygen atoms in total. The highest BCUT2D eigenvalue weighted by Gasteiger charge is 2.44. The van der Waals surface area contributed by atoms with Crippen molar-refractivity contribution in [2.45, 2.75) is 162 Å². The van der Waals surface area contributed by atoms with Gasteiger partial charge in [0.15, 0.2) is 23.8 Å². The number of nitrogens with one attached hydrogen (secondary N) is 11. The summed E-state index contributed by atoms with van der Waals surface area (Å²) >= 11 is 0. The summed E-state index contributed by atoms with van der Waals surface area (Å²) in [5, 5.41) is 46.9. The zero-order valence-corrected chi connectivity index (χ0v) is 58.3. The number of H-pyrrole nitrogens is 1. The lowest BCUT2D eigenvalue weighted by Crippen LogP contribution is -2.60. The molecule has 0 saturated heterocycles. The monoisotopic (exact) mass is 1480 g/mol. The van der Waals surface area contributed by atoms with E-state index in [0.29, 0.717) is 42.3 Å². The number of carbonyl (C=O) groups excluding carboxylic acids is 10. The van der Waals surface area contributed by atoms with E-state index in [2.05, 4.69) is 83.1 Å². The number of fused-ring (bicyclic) bond motifs is 1. The number of rotatable bonds is 21. The van der Waals surface area contributed by atoms with Gasteiger partial charge in [0.1, 0.15) is 48.3 Å². The summed E-state index contributed by atoms with van der Waals surface area (Å²) in [5.74, 6) is -14.1. The molecule has 1 aromatic heterocycles. The van der Waals surface area contributed by atoms with Crippen molar-refractivity contribution in [2.75, 3.05) is 45.0 Å². The Labute approximate surface area is 600 Å². The summed E-state index contributed by atoms with van der Waals surface area (Å²) in [5.41, 5.74) is 53.2. The van der Waals surface area contributed by atoms with Gasteiger partial charge in [0.05, 0.1) is 36.6 Å². The van der Waals surface area contributed by atoms with Crippen LogP contribution in [0.25, 0.3) is 10.8 Å². The minimum absolute atomic E-state index is 0.0000433. The van der Waals surface area contributed by atoms with Gasteiger partial charge in [0.25, 0.3) is 0 Å².